The van der Waals surface area contributed by atoms with Crippen LogP contribution < -0.4 is 4.74 Å². The van der Waals surface area contributed by atoms with E-state index in [1.807, 2.05) is 24.3 Å². The zero-order valence-corrected chi connectivity index (χ0v) is 12.8. The largest absolute Gasteiger partial charge is 0.469 e. The highest BCUT2D eigenvalue weighted by atomic mass is 16.5. The number of carbonyl (C=O) groups is 2. The Balaban J connectivity index is 1.90. The van der Waals surface area contributed by atoms with Gasteiger partial charge in [0.2, 0.25) is 5.91 Å². The summed E-state index contributed by atoms with van der Waals surface area (Å²) in [4.78, 5) is 25.8. The first kappa shape index (κ1) is 14.9. The molecule has 1 aromatic carbocycles. The third-order valence-electron chi connectivity index (χ3n) is 4.55. The lowest BCUT2D eigenvalue weighted by Crippen LogP contribution is -2.58. The molecule has 1 saturated carbocycles. The van der Waals surface area contributed by atoms with Crippen LogP contribution in [0, 0.1) is 0 Å². The number of ether oxygens (including phenoxy) is 2. The van der Waals surface area contributed by atoms with Gasteiger partial charge in [-0.2, -0.15) is 0 Å². The first-order valence-corrected chi connectivity index (χ1v) is 7.79. The van der Waals surface area contributed by atoms with Gasteiger partial charge < -0.3 is 9.47 Å². The van der Waals surface area contributed by atoms with Crippen LogP contribution in [0.25, 0.3) is 0 Å². The predicted molar refractivity (Wildman–Crippen MR) is 80.1 cm³/mol. The summed E-state index contributed by atoms with van der Waals surface area (Å²) in [5.41, 5.74) is 0.384. The lowest BCUT2D eigenvalue weighted by atomic mass is 9.88. The number of hydrogen-bond acceptors (Lipinski definition) is 4. The van der Waals surface area contributed by atoms with Crippen molar-refractivity contribution >= 4 is 11.9 Å². The number of nitrogens with zero attached hydrogens (tertiary/aromatic N) is 1. The van der Waals surface area contributed by atoms with E-state index in [1.165, 1.54) is 7.11 Å². The van der Waals surface area contributed by atoms with Crippen LogP contribution in [0.2, 0.25) is 0 Å². The molecule has 0 atom stereocenters. The highest BCUT2D eigenvalue weighted by Gasteiger charge is 2.46. The van der Waals surface area contributed by atoms with E-state index in [9.17, 15) is 9.59 Å². The van der Waals surface area contributed by atoms with Crippen molar-refractivity contribution in [3.05, 3.63) is 29.8 Å². The molecular weight excluding hydrogens is 282 g/mol. The Morgan fingerprint density at radius 2 is 1.95 bits per heavy atom. The van der Waals surface area contributed by atoms with E-state index in [1.54, 1.807) is 4.90 Å². The standard InChI is InChI=1S/C17H21NO4/c1-21-16(20)11-15(19)18-12-13-7-3-4-8-14(13)22-17(18)9-5-2-6-10-17/h3-4,7-8H,2,5-6,9-12H2,1H3. The number of rotatable bonds is 2. The molecule has 2 aliphatic rings. The van der Waals surface area contributed by atoms with Crippen molar-refractivity contribution in [1.82, 2.24) is 4.90 Å². The topological polar surface area (TPSA) is 55.8 Å². The Kier molecular flexibility index (Phi) is 4.05. The molecule has 0 aromatic heterocycles. The SMILES string of the molecule is COC(=O)CC(=O)N1Cc2ccccc2OC12CCCCC2. The number of amides is 1. The molecule has 22 heavy (non-hydrogen) atoms. The van der Waals surface area contributed by atoms with E-state index in [0.29, 0.717) is 6.54 Å². The van der Waals surface area contributed by atoms with E-state index in [0.717, 1.165) is 43.4 Å². The highest BCUT2D eigenvalue weighted by Crippen LogP contribution is 2.42. The summed E-state index contributed by atoms with van der Waals surface area (Å²) in [6.07, 6.45) is 4.62. The van der Waals surface area contributed by atoms with Gasteiger partial charge in [-0.05, 0) is 18.9 Å². The molecular formula is C17H21NO4. The summed E-state index contributed by atoms with van der Waals surface area (Å²) in [5, 5.41) is 0. The Bertz CT molecular complexity index is 578. The Labute approximate surface area is 130 Å². The van der Waals surface area contributed by atoms with Crippen LogP contribution in [0.1, 0.15) is 44.1 Å². The van der Waals surface area contributed by atoms with Gasteiger partial charge in [-0.1, -0.05) is 24.6 Å². The molecule has 1 heterocycles. The molecule has 0 radical (unpaired) electrons. The molecule has 118 valence electrons. The third-order valence-corrected chi connectivity index (χ3v) is 4.55. The van der Waals surface area contributed by atoms with Gasteiger partial charge in [0.05, 0.1) is 13.7 Å². The van der Waals surface area contributed by atoms with Crippen molar-refractivity contribution in [2.24, 2.45) is 0 Å². The molecule has 1 amide bonds. The molecule has 0 bridgehead atoms. The summed E-state index contributed by atoms with van der Waals surface area (Å²) in [5.74, 6) is 0.129. The van der Waals surface area contributed by atoms with E-state index < -0.39 is 11.7 Å². The first-order valence-electron chi connectivity index (χ1n) is 7.79. The van der Waals surface area contributed by atoms with Gasteiger partial charge in [-0.25, -0.2) is 0 Å². The van der Waals surface area contributed by atoms with Crippen molar-refractivity contribution in [3.8, 4) is 5.75 Å². The second kappa shape index (κ2) is 5.99. The molecule has 1 aliphatic carbocycles. The van der Waals surface area contributed by atoms with Crippen LogP contribution in [0.4, 0.5) is 0 Å². The van der Waals surface area contributed by atoms with Crippen molar-refractivity contribution in [2.75, 3.05) is 7.11 Å². The predicted octanol–water partition coefficient (Wildman–Crippen LogP) is 2.63. The fourth-order valence-electron chi connectivity index (χ4n) is 3.39. The second-order valence-electron chi connectivity index (χ2n) is 5.95. The molecule has 1 aromatic rings. The zero-order chi connectivity index (χ0) is 15.6. The Morgan fingerprint density at radius 1 is 1.23 bits per heavy atom. The average Bonchev–Trinajstić information content (AvgIpc) is 2.54. The van der Waals surface area contributed by atoms with Gasteiger partial charge in [0.15, 0.2) is 5.72 Å². The molecule has 0 unspecified atom stereocenters. The van der Waals surface area contributed by atoms with E-state index >= 15 is 0 Å². The maximum Gasteiger partial charge on any atom is 0.315 e. The van der Waals surface area contributed by atoms with Crippen LogP contribution in [0.5, 0.6) is 5.75 Å². The first-order chi connectivity index (χ1) is 10.6. The second-order valence-corrected chi connectivity index (χ2v) is 5.95. The third kappa shape index (κ3) is 2.67. The normalized spacial score (nSPS) is 19.2. The molecule has 1 fully saturated rings. The summed E-state index contributed by atoms with van der Waals surface area (Å²) in [6.45, 7) is 0.492. The smallest absolute Gasteiger partial charge is 0.315 e. The minimum Gasteiger partial charge on any atom is -0.469 e. The molecule has 0 N–H and O–H groups in total. The maximum atomic E-state index is 12.6. The number of para-hydroxylation sites is 1. The van der Waals surface area contributed by atoms with E-state index in [-0.39, 0.29) is 12.3 Å². The van der Waals surface area contributed by atoms with Crippen molar-refractivity contribution in [3.63, 3.8) is 0 Å². The van der Waals surface area contributed by atoms with Crippen LogP contribution in [0.15, 0.2) is 24.3 Å². The van der Waals surface area contributed by atoms with Gasteiger partial charge in [-0.3, -0.25) is 14.5 Å². The number of hydrogen-bond donors (Lipinski definition) is 0. The van der Waals surface area contributed by atoms with Gasteiger partial charge in [-0.15, -0.1) is 0 Å². The number of methoxy groups -OCH3 is 1. The average molecular weight is 303 g/mol. The summed E-state index contributed by atoms with van der Waals surface area (Å²) >= 11 is 0. The molecule has 1 aliphatic heterocycles. The van der Waals surface area contributed by atoms with Crippen molar-refractivity contribution in [2.45, 2.75) is 50.8 Å². The minimum atomic E-state index is -0.599. The summed E-state index contributed by atoms with van der Waals surface area (Å²) in [6, 6.07) is 7.79. The molecule has 5 nitrogen and oxygen atoms in total. The molecule has 5 heteroatoms. The van der Waals surface area contributed by atoms with Gasteiger partial charge in [0.1, 0.15) is 12.2 Å². The van der Waals surface area contributed by atoms with Crippen LogP contribution in [0.3, 0.4) is 0 Å². The van der Waals surface area contributed by atoms with Crippen LogP contribution in [-0.4, -0.2) is 29.6 Å². The lowest BCUT2D eigenvalue weighted by molar-refractivity contribution is -0.170. The van der Waals surface area contributed by atoms with E-state index in [4.69, 9.17) is 4.74 Å². The number of fused-ring (bicyclic) bond motifs is 1. The zero-order valence-electron chi connectivity index (χ0n) is 12.8. The fourth-order valence-corrected chi connectivity index (χ4v) is 3.39. The quantitative estimate of drug-likeness (QED) is 0.622. The number of benzene rings is 1. The molecule has 0 saturated heterocycles. The number of esters is 1. The maximum absolute atomic E-state index is 12.6. The summed E-state index contributed by atoms with van der Waals surface area (Å²) < 4.78 is 10.9. The van der Waals surface area contributed by atoms with Gasteiger partial charge in [0, 0.05) is 18.4 Å². The van der Waals surface area contributed by atoms with Crippen molar-refractivity contribution < 1.29 is 19.1 Å². The Morgan fingerprint density at radius 3 is 2.68 bits per heavy atom. The van der Waals surface area contributed by atoms with Crippen LogP contribution in [-0.2, 0) is 20.9 Å². The number of carbonyl (C=O) groups excluding carboxylic acids is 2. The van der Waals surface area contributed by atoms with Gasteiger partial charge in [0.25, 0.3) is 0 Å². The van der Waals surface area contributed by atoms with E-state index in [2.05, 4.69) is 4.74 Å². The van der Waals surface area contributed by atoms with Crippen molar-refractivity contribution in [1.29, 1.82) is 0 Å². The Hall–Kier alpha value is -2.04. The fraction of sp³-hybridized carbons (Fsp3) is 0.529. The minimum absolute atomic E-state index is 0.219. The monoisotopic (exact) mass is 303 g/mol. The highest BCUT2D eigenvalue weighted by molar-refractivity contribution is 5.94. The molecule has 3 rings (SSSR count). The van der Waals surface area contributed by atoms with Crippen LogP contribution >= 0.6 is 0 Å². The lowest BCUT2D eigenvalue weighted by Gasteiger charge is -2.49. The van der Waals surface area contributed by atoms with Gasteiger partial charge >= 0.3 is 5.97 Å². The summed E-state index contributed by atoms with van der Waals surface area (Å²) in [7, 11) is 1.30. The molecule has 1 spiro atoms.